The lowest BCUT2D eigenvalue weighted by Crippen LogP contribution is -2.51. The fourth-order valence-electron chi connectivity index (χ4n) is 3.06. The molecule has 2 aromatic rings. The quantitative estimate of drug-likeness (QED) is 0.630. The first-order valence-electron chi connectivity index (χ1n) is 10.3. The Labute approximate surface area is 174 Å². The molecule has 0 fully saturated rings. The molecular formula is C24H32N2O3. The van der Waals surface area contributed by atoms with Gasteiger partial charge in [0.05, 0.1) is 0 Å². The van der Waals surface area contributed by atoms with Gasteiger partial charge in [0.2, 0.25) is 5.91 Å². The van der Waals surface area contributed by atoms with Gasteiger partial charge in [-0.2, -0.15) is 0 Å². The van der Waals surface area contributed by atoms with E-state index in [1.165, 1.54) is 0 Å². The summed E-state index contributed by atoms with van der Waals surface area (Å²) in [5, 5.41) is 2.97. The van der Waals surface area contributed by atoms with Crippen molar-refractivity contribution in [1.29, 1.82) is 0 Å². The lowest BCUT2D eigenvalue weighted by atomic mass is 10.1. The minimum absolute atomic E-state index is 0.0905. The minimum atomic E-state index is -0.510. The Morgan fingerprint density at radius 2 is 1.62 bits per heavy atom. The summed E-state index contributed by atoms with van der Waals surface area (Å²) >= 11 is 0. The number of para-hydroxylation sites is 1. The van der Waals surface area contributed by atoms with Gasteiger partial charge in [-0.1, -0.05) is 69.3 Å². The van der Waals surface area contributed by atoms with E-state index in [2.05, 4.69) is 5.32 Å². The number of nitrogens with one attached hydrogen (secondary N) is 1. The van der Waals surface area contributed by atoms with Gasteiger partial charge in [0, 0.05) is 13.1 Å². The lowest BCUT2D eigenvalue weighted by Gasteiger charge is -2.30. The molecule has 5 heteroatoms. The number of hydrogen-bond donors (Lipinski definition) is 1. The maximum absolute atomic E-state index is 13.0. The fraction of sp³-hybridized carbons (Fsp3) is 0.417. The van der Waals surface area contributed by atoms with E-state index in [9.17, 15) is 9.59 Å². The molecular weight excluding hydrogens is 364 g/mol. The zero-order valence-corrected chi connectivity index (χ0v) is 17.6. The van der Waals surface area contributed by atoms with Crippen molar-refractivity contribution >= 4 is 11.8 Å². The number of rotatable bonds is 11. The van der Waals surface area contributed by atoms with Crippen LogP contribution in [0.2, 0.25) is 0 Å². The van der Waals surface area contributed by atoms with Crippen LogP contribution in [-0.4, -0.2) is 42.5 Å². The molecule has 0 unspecified atom stereocenters. The number of nitrogens with zero attached hydrogens (tertiary/aromatic N) is 1. The first-order chi connectivity index (χ1) is 14.0. The standard InChI is InChI=1S/C24H32N2O3/c1-4-22(24(28)25-17-19(2)3)26(16-15-20-11-7-5-8-12-20)23(27)18-29-21-13-9-6-10-14-21/h5-14,19,22H,4,15-18H2,1-3H3,(H,25,28)/t22-/m0/s1. The van der Waals surface area contributed by atoms with Crippen LogP contribution in [0.5, 0.6) is 5.75 Å². The van der Waals surface area contributed by atoms with E-state index in [1.54, 1.807) is 4.90 Å². The van der Waals surface area contributed by atoms with Crippen molar-refractivity contribution in [2.24, 2.45) is 5.92 Å². The maximum Gasteiger partial charge on any atom is 0.261 e. The van der Waals surface area contributed by atoms with Gasteiger partial charge >= 0.3 is 0 Å². The Morgan fingerprint density at radius 3 is 2.21 bits per heavy atom. The molecule has 1 N–H and O–H groups in total. The Kier molecular flexibility index (Phi) is 9.22. The van der Waals surface area contributed by atoms with Crippen LogP contribution in [0.3, 0.4) is 0 Å². The van der Waals surface area contributed by atoms with Crippen molar-refractivity contribution in [3.05, 3.63) is 66.2 Å². The van der Waals surface area contributed by atoms with Gasteiger partial charge in [0.1, 0.15) is 11.8 Å². The second kappa shape index (κ2) is 11.9. The normalized spacial score (nSPS) is 11.7. The van der Waals surface area contributed by atoms with Gasteiger partial charge in [-0.3, -0.25) is 9.59 Å². The fourth-order valence-corrected chi connectivity index (χ4v) is 3.06. The number of hydrogen-bond acceptors (Lipinski definition) is 3. The number of carbonyl (C=O) groups excluding carboxylic acids is 2. The highest BCUT2D eigenvalue weighted by Crippen LogP contribution is 2.12. The molecule has 2 amide bonds. The summed E-state index contributed by atoms with van der Waals surface area (Å²) in [7, 11) is 0. The molecule has 0 aliphatic rings. The third-order valence-corrected chi connectivity index (χ3v) is 4.66. The average Bonchev–Trinajstić information content (AvgIpc) is 2.74. The van der Waals surface area contributed by atoms with Crippen LogP contribution in [0.15, 0.2) is 60.7 Å². The molecule has 0 bridgehead atoms. The van der Waals surface area contributed by atoms with Crippen LogP contribution >= 0.6 is 0 Å². The summed E-state index contributed by atoms with van der Waals surface area (Å²) < 4.78 is 5.65. The van der Waals surface area contributed by atoms with E-state index in [-0.39, 0.29) is 18.4 Å². The van der Waals surface area contributed by atoms with Crippen LogP contribution in [-0.2, 0) is 16.0 Å². The van der Waals surface area contributed by atoms with Crippen molar-refractivity contribution < 1.29 is 14.3 Å². The van der Waals surface area contributed by atoms with Crippen molar-refractivity contribution in [2.45, 2.75) is 39.7 Å². The molecule has 0 heterocycles. The molecule has 0 saturated carbocycles. The highest BCUT2D eigenvalue weighted by molar-refractivity contribution is 5.88. The van der Waals surface area contributed by atoms with E-state index >= 15 is 0 Å². The lowest BCUT2D eigenvalue weighted by molar-refractivity contribution is -0.142. The predicted octanol–water partition coefficient (Wildman–Crippen LogP) is 3.69. The van der Waals surface area contributed by atoms with Crippen molar-refractivity contribution in [3.8, 4) is 5.75 Å². The average molecular weight is 397 g/mol. The second-order valence-electron chi connectivity index (χ2n) is 7.49. The smallest absolute Gasteiger partial charge is 0.261 e. The number of carbonyl (C=O) groups is 2. The molecule has 1 atom stereocenters. The van der Waals surface area contributed by atoms with Gasteiger partial charge < -0.3 is 15.0 Å². The van der Waals surface area contributed by atoms with E-state index in [4.69, 9.17) is 4.74 Å². The Morgan fingerprint density at radius 1 is 1.00 bits per heavy atom. The van der Waals surface area contributed by atoms with Gasteiger partial charge in [-0.05, 0) is 36.5 Å². The molecule has 29 heavy (non-hydrogen) atoms. The molecule has 0 aliphatic carbocycles. The van der Waals surface area contributed by atoms with Crippen LogP contribution in [0.4, 0.5) is 0 Å². The molecule has 0 spiro atoms. The molecule has 0 aliphatic heterocycles. The monoisotopic (exact) mass is 396 g/mol. The maximum atomic E-state index is 13.0. The van der Waals surface area contributed by atoms with Gasteiger partial charge in [-0.25, -0.2) is 0 Å². The molecule has 5 nitrogen and oxygen atoms in total. The summed E-state index contributed by atoms with van der Waals surface area (Å²) in [6.45, 7) is 7.00. The SMILES string of the molecule is CC[C@@H](C(=O)NCC(C)C)N(CCc1ccccc1)C(=O)COc1ccccc1. The van der Waals surface area contributed by atoms with Crippen molar-refractivity contribution in [2.75, 3.05) is 19.7 Å². The Bertz CT molecular complexity index is 747. The highest BCUT2D eigenvalue weighted by Gasteiger charge is 2.28. The van der Waals surface area contributed by atoms with Crippen molar-refractivity contribution in [1.82, 2.24) is 10.2 Å². The minimum Gasteiger partial charge on any atom is -0.484 e. The predicted molar refractivity (Wildman–Crippen MR) is 116 cm³/mol. The van der Waals surface area contributed by atoms with Crippen LogP contribution in [0, 0.1) is 5.92 Å². The molecule has 0 radical (unpaired) electrons. The molecule has 2 aromatic carbocycles. The summed E-state index contributed by atoms with van der Waals surface area (Å²) in [5.41, 5.74) is 1.13. The van der Waals surface area contributed by atoms with Crippen LogP contribution < -0.4 is 10.1 Å². The number of benzene rings is 2. The number of amides is 2. The largest absolute Gasteiger partial charge is 0.484 e. The second-order valence-corrected chi connectivity index (χ2v) is 7.49. The van der Waals surface area contributed by atoms with Crippen molar-refractivity contribution in [3.63, 3.8) is 0 Å². The summed E-state index contributed by atoms with van der Waals surface area (Å²) in [5.74, 6) is 0.700. The zero-order valence-electron chi connectivity index (χ0n) is 17.6. The Balaban J connectivity index is 2.09. The third kappa shape index (κ3) is 7.60. The van der Waals surface area contributed by atoms with Gasteiger partial charge in [-0.15, -0.1) is 0 Å². The summed E-state index contributed by atoms with van der Waals surface area (Å²) in [4.78, 5) is 27.4. The van der Waals surface area contributed by atoms with E-state index in [0.717, 1.165) is 5.56 Å². The first-order valence-corrected chi connectivity index (χ1v) is 10.3. The summed E-state index contributed by atoms with van der Waals surface area (Å²) in [6.07, 6.45) is 1.24. The first kappa shape index (κ1) is 22.5. The van der Waals surface area contributed by atoms with Crippen LogP contribution in [0.1, 0.15) is 32.8 Å². The van der Waals surface area contributed by atoms with E-state index in [0.29, 0.717) is 37.6 Å². The zero-order chi connectivity index (χ0) is 21.1. The topological polar surface area (TPSA) is 58.6 Å². The van der Waals surface area contributed by atoms with E-state index in [1.807, 2.05) is 81.4 Å². The van der Waals surface area contributed by atoms with Gasteiger partial charge in [0.15, 0.2) is 6.61 Å². The van der Waals surface area contributed by atoms with E-state index < -0.39 is 6.04 Å². The molecule has 2 rings (SSSR count). The highest BCUT2D eigenvalue weighted by atomic mass is 16.5. The summed E-state index contributed by atoms with van der Waals surface area (Å²) in [6, 6.07) is 18.7. The third-order valence-electron chi connectivity index (χ3n) is 4.66. The molecule has 156 valence electrons. The molecule has 0 aromatic heterocycles. The van der Waals surface area contributed by atoms with Crippen LogP contribution in [0.25, 0.3) is 0 Å². The Hall–Kier alpha value is -2.82. The molecule has 0 saturated heterocycles. The number of ether oxygens (including phenoxy) is 1. The van der Waals surface area contributed by atoms with Gasteiger partial charge in [0.25, 0.3) is 5.91 Å².